The minimum absolute atomic E-state index is 0. The third kappa shape index (κ3) is 9.12. The number of aliphatic imine (C=N–C) groups is 1. The van der Waals surface area contributed by atoms with Crippen LogP contribution in [0.5, 0.6) is 11.5 Å². The van der Waals surface area contributed by atoms with Crippen LogP contribution in [0.2, 0.25) is 0 Å². The summed E-state index contributed by atoms with van der Waals surface area (Å²) in [5.41, 5.74) is 0.996. The summed E-state index contributed by atoms with van der Waals surface area (Å²) in [6.07, 6.45) is 1.04. The van der Waals surface area contributed by atoms with E-state index in [0.717, 1.165) is 31.0 Å². The van der Waals surface area contributed by atoms with Crippen molar-refractivity contribution in [3.63, 3.8) is 0 Å². The van der Waals surface area contributed by atoms with E-state index in [4.69, 9.17) is 9.47 Å². The molecule has 0 aliphatic rings. The predicted molar refractivity (Wildman–Crippen MR) is 116 cm³/mol. The van der Waals surface area contributed by atoms with E-state index in [1.807, 2.05) is 26.0 Å². The standard InChI is InChI=1S/C18H30N4O3.HI/c1-5-10-21-18(20-7-3)22-12-14-8-9-15(16(11-14)24-4)25-13-17(23)19-6-2;/h8-9,11H,5-7,10,12-13H2,1-4H3,(H,19,23)(H2,20,21,22);1H. The zero-order valence-electron chi connectivity index (χ0n) is 16.1. The number of carbonyl (C=O) groups is 1. The lowest BCUT2D eigenvalue weighted by Gasteiger charge is -2.12. The minimum Gasteiger partial charge on any atom is -0.493 e. The highest BCUT2D eigenvalue weighted by atomic mass is 127. The highest BCUT2D eigenvalue weighted by Crippen LogP contribution is 2.28. The van der Waals surface area contributed by atoms with Crippen LogP contribution >= 0.6 is 24.0 Å². The molecule has 26 heavy (non-hydrogen) atoms. The van der Waals surface area contributed by atoms with Crippen LogP contribution in [0, 0.1) is 0 Å². The van der Waals surface area contributed by atoms with E-state index < -0.39 is 0 Å². The molecule has 1 aromatic rings. The summed E-state index contributed by atoms with van der Waals surface area (Å²) in [5.74, 6) is 1.76. The van der Waals surface area contributed by atoms with E-state index in [1.54, 1.807) is 13.2 Å². The average molecular weight is 478 g/mol. The Bertz CT molecular complexity index is 567. The molecule has 0 heterocycles. The second-order valence-corrected chi connectivity index (χ2v) is 5.35. The van der Waals surface area contributed by atoms with Crippen molar-refractivity contribution in [1.29, 1.82) is 0 Å². The van der Waals surface area contributed by atoms with Crippen LogP contribution in [0.3, 0.4) is 0 Å². The molecular weight excluding hydrogens is 447 g/mol. The number of methoxy groups -OCH3 is 1. The summed E-state index contributed by atoms with van der Waals surface area (Å²) in [6.45, 7) is 8.77. The molecule has 0 fully saturated rings. The number of rotatable bonds is 10. The molecule has 8 heteroatoms. The van der Waals surface area contributed by atoms with Crippen LogP contribution in [0.25, 0.3) is 0 Å². The Balaban J connectivity index is 0.00000625. The monoisotopic (exact) mass is 478 g/mol. The maximum Gasteiger partial charge on any atom is 0.257 e. The number of likely N-dealkylation sites (N-methyl/N-ethyl adjacent to an activating group) is 1. The van der Waals surface area contributed by atoms with Gasteiger partial charge in [0.25, 0.3) is 5.91 Å². The fourth-order valence-corrected chi connectivity index (χ4v) is 2.08. The second kappa shape index (κ2) is 14.5. The molecule has 0 radical (unpaired) electrons. The lowest BCUT2D eigenvalue weighted by Crippen LogP contribution is -2.37. The maximum absolute atomic E-state index is 11.5. The quantitative estimate of drug-likeness (QED) is 0.273. The molecule has 1 aromatic carbocycles. The number of benzene rings is 1. The van der Waals surface area contributed by atoms with Crippen LogP contribution in [-0.4, -0.2) is 45.2 Å². The number of ether oxygens (including phenoxy) is 2. The normalized spacial score (nSPS) is 10.5. The van der Waals surface area contributed by atoms with Crippen LogP contribution in [0.4, 0.5) is 0 Å². The van der Waals surface area contributed by atoms with E-state index in [-0.39, 0.29) is 36.5 Å². The van der Waals surface area contributed by atoms with E-state index >= 15 is 0 Å². The smallest absolute Gasteiger partial charge is 0.257 e. The predicted octanol–water partition coefficient (Wildman–Crippen LogP) is 2.29. The summed E-state index contributed by atoms with van der Waals surface area (Å²) in [6, 6.07) is 5.59. The zero-order chi connectivity index (χ0) is 18.5. The Morgan fingerprint density at radius 2 is 1.81 bits per heavy atom. The molecule has 0 atom stereocenters. The van der Waals surface area contributed by atoms with E-state index in [9.17, 15) is 4.79 Å². The van der Waals surface area contributed by atoms with E-state index in [0.29, 0.717) is 24.6 Å². The number of halogens is 1. The van der Waals surface area contributed by atoms with Crippen molar-refractivity contribution in [2.45, 2.75) is 33.7 Å². The molecule has 0 bridgehead atoms. The van der Waals surface area contributed by atoms with Gasteiger partial charge in [0.15, 0.2) is 24.1 Å². The van der Waals surface area contributed by atoms with Gasteiger partial charge in [0, 0.05) is 19.6 Å². The lowest BCUT2D eigenvalue weighted by molar-refractivity contribution is -0.123. The molecule has 0 aliphatic heterocycles. The van der Waals surface area contributed by atoms with Crippen molar-refractivity contribution in [2.75, 3.05) is 33.4 Å². The lowest BCUT2D eigenvalue weighted by atomic mass is 10.2. The van der Waals surface area contributed by atoms with Gasteiger partial charge >= 0.3 is 0 Å². The molecule has 3 N–H and O–H groups in total. The molecule has 0 unspecified atom stereocenters. The molecular formula is C18H31IN4O3. The zero-order valence-corrected chi connectivity index (χ0v) is 18.4. The molecule has 0 saturated carbocycles. The van der Waals surface area contributed by atoms with E-state index in [1.165, 1.54) is 0 Å². The number of guanidine groups is 1. The number of carbonyl (C=O) groups excluding carboxylic acids is 1. The number of hydrogen-bond acceptors (Lipinski definition) is 4. The first-order valence-electron chi connectivity index (χ1n) is 8.73. The SMILES string of the molecule is CCCNC(=NCc1ccc(OCC(=O)NCC)c(OC)c1)NCC.I. The number of nitrogens with zero attached hydrogens (tertiary/aromatic N) is 1. The minimum atomic E-state index is -0.157. The first-order valence-corrected chi connectivity index (χ1v) is 8.73. The molecule has 7 nitrogen and oxygen atoms in total. The Hall–Kier alpha value is -1.71. The molecule has 0 aromatic heterocycles. The topological polar surface area (TPSA) is 84.0 Å². The molecule has 0 spiro atoms. The van der Waals surface area contributed by atoms with Crippen molar-refractivity contribution in [1.82, 2.24) is 16.0 Å². The van der Waals surface area contributed by atoms with Gasteiger partial charge in [-0.05, 0) is 38.0 Å². The third-order valence-corrected chi connectivity index (χ3v) is 3.27. The Morgan fingerprint density at radius 3 is 2.42 bits per heavy atom. The highest BCUT2D eigenvalue weighted by Gasteiger charge is 2.08. The highest BCUT2D eigenvalue weighted by molar-refractivity contribution is 14.0. The molecule has 1 amide bonds. The van der Waals surface area contributed by atoms with Gasteiger partial charge in [-0.25, -0.2) is 4.99 Å². The molecule has 148 valence electrons. The van der Waals surface area contributed by atoms with Crippen molar-refractivity contribution in [2.24, 2.45) is 4.99 Å². The van der Waals surface area contributed by atoms with E-state index in [2.05, 4.69) is 27.9 Å². The third-order valence-electron chi connectivity index (χ3n) is 3.27. The number of amides is 1. The Labute approximate surface area is 173 Å². The Kier molecular flexibility index (Phi) is 13.5. The fourth-order valence-electron chi connectivity index (χ4n) is 2.08. The van der Waals surface area contributed by atoms with Crippen molar-refractivity contribution in [3.8, 4) is 11.5 Å². The van der Waals surface area contributed by atoms with Gasteiger partial charge in [-0.2, -0.15) is 0 Å². The van der Waals surface area contributed by atoms with Crippen molar-refractivity contribution in [3.05, 3.63) is 23.8 Å². The summed E-state index contributed by atoms with van der Waals surface area (Å²) in [5, 5.41) is 9.16. The van der Waals surface area contributed by atoms with Gasteiger partial charge in [-0.3, -0.25) is 4.79 Å². The van der Waals surface area contributed by atoms with Gasteiger partial charge in [-0.1, -0.05) is 13.0 Å². The molecule has 1 rings (SSSR count). The fraction of sp³-hybridized carbons (Fsp3) is 0.556. The average Bonchev–Trinajstić information content (AvgIpc) is 2.62. The van der Waals surface area contributed by atoms with Crippen LogP contribution in [-0.2, 0) is 11.3 Å². The van der Waals surface area contributed by atoms with Crippen LogP contribution in [0.15, 0.2) is 23.2 Å². The summed E-state index contributed by atoms with van der Waals surface area (Å²) in [7, 11) is 1.58. The second-order valence-electron chi connectivity index (χ2n) is 5.35. The van der Waals surface area contributed by atoms with Crippen molar-refractivity contribution < 1.29 is 14.3 Å². The largest absolute Gasteiger partial charge is 0.493 e. The summed E-state index contributed by atoms with van der Waals surface area (Å²) < 4.78 is 10.9. The van der Waals surface area contributed by atoms with Crippen LogP contribution in [0.1, 0.15) is 32.8 Å². The first-order chi connectivity index (χ1) is 12.1. The van der Waals surface area contributed by atoms with Gasteiger partial charge in [0.2, 0.25) is 0 Å². The summed E-state index contributed by atoms with van der Waals surface area (Å²) in [4.78, 5) is 16.1. The van der Waals surface area contributed by atoms with Crippen LogP contribution < -0.4 is 25.4 Å². The molecule has 0 aliphatic carbocycles. The van der Waals surface area contributed by atoms with Gasteiger partial charge in [0.1, 0.15) is 0 Å². The number of hydrogen-bond donors (Lipinski definition) is 3. The van der Waals surface area contributed by atoms with Gasteiger partial charge in [-0.15, -0.1) is 24.0 Å². The maximum atomic E-state index is 11.5. The summed E-state index contributed by atoms with van der Waals surface area (Å²) >= 11 is 0. The van der Waals surface area contributed by atoms with Gasteiger partial charge in [0.05, 0.1) is 13.7 Å². The Morgan fingerprint density at radius 1 is 1.08 bits per heavy atom. The first kappa shape index (κ1) is 24.3. The van der Waals surface area contributed by atoms with Gasteiger partial charge < -0.3 is 25.4 Å². The number of nitrogens with one attached hydrogen (secondary N) is 3. The van der Waals surface area contributed by atoms with Crippen molar-refractivity contribution >= 4 is 35.8 Å². The molecule has 0 saturated heterocycles.